The summed E-state index contributed by atoms with van der Waals surface area (Å²) in [5, 5.41) is 0. The second-order valence-corrected chi connectivity index (χ2v) is 6.18. The fourth-order valence-corrected chi connectivity index (χ4v) is 3.31. The van der Waals surface area contributed by atoms with Crippen LogP contribution in [0.25, 0.3) is 0 Å². The first-order chi connectivity index (χ1) is 10.1. The van der Waals surface area contributed by atoms with Crippen LogP contribution in [0.5, 0.6) is 0 Å². The number of nitrogens with zero attached hydrogens (tertiary/aromatic N) is 2. The summed E-state index contributed by atoms with van der Waals surface area (Å²) in [6, 6.07) is 0.0432. The number of rotatable bonds is 5. The average Bonchev–Trinajstić information content (AvgIpc) is 2.89. The molecule has 0 unspecified atom stereocenters. The summed E-state index contributed by atoms with van der Waals surface area (Å²) < 4.78 is 5.11. The Labute approximate surface area is 127 Å². The maximum absolute atomic E-state index is 12.6. The van der Waals surface area contributed by atoms with E-state index in [0.717, 1.165) is 32.7 Å². The van der Waals surface area contributed by atoms with Gasteiger partial charge in [0.2, 0.25) is 11.8 Å². The number of quaternary nitrogens is 1. The molecule has 6 heteroatoms. The van der Waals surface area contributed by atoms with Gasteiger partial charge in [0.05, 0.1) is 51.3 Å². The Balaban J connectivity index is 1.88. The van der Waals surface area contributed by atoms with Crippen molar-refractivity contribution in [2.45, 2.75) is 26.3 Å². The lowest BCUT2D eigenvalue weighted by molar-refractivity contribution is -0.902. The highest BCUT2D eigenvalue weighted by atomic mass is 16.5. The van der Waals surface area contributed by atoms with Crippen LogP contribution in [-0.2, 0) is 14.3 Å². The lowest BCUT2D eigenvalue weighted by Crippen LogP contribution is -3.14. The maximum atomic E-state index is 12.6. The Morgan fingerprint density at radius 2 is 2.10 bits per heavy atom. The molecule has 2 saturated heterocycles. The van der Waals surface area contributed by atoms with Crippen molar-refractivity contribution in [1.82, 2.24) is 9.80 Å². The first-order valence-electron chi connectivity index (χ1n) is 7.97. The fraction of sp³-hybridized carbons (Fsp3) is 0.867. The van der Waals surface area contributed by atoms with Crippen molar-refractivity contribution in [2.75, 3.05) is 53.0 Å². The van der Waals surface area contributed by atoms with Crippen LogP contribution in [0.15, 0.2) is 0 Å². The fourth-order valence-electron chi connectivity index (χ4n) is 3.31. The molecule has 2 rings (SSSR count). The second-order valence-electron chi connectivity index (χ2n) is 6.18. The number of carbonyl (C=O) groups is 2. The highest BCUT2D eigenvalue weighted by Gasteiger charge is 2.39. The number of likely N-dealkylation sites (tertiary alicyclic amines) is 1. The molecular formula is C15H28N3O3+. The highest BCUT2D eigenvalue weighted by molar-refractivity contribution is 5.89. The molecule has 2 fully saturated rings. The van der Waals surface area contributed by atoms with Gasteiger partial charge < -0.3 is 19.4 Å². The molecule has 2 aliphatic heterocycles. The predicted octanol–water partition coefficient (Wildman–Crippen LogP) is -1.38. The molecule has 0 aromatic heterocycles. The Hall–Kier alpha value is -1.14. The van der Waals surface area contributed by atoms with Gasteiger partial charge in [-0.05, 0) is 13.8 Å². The van der Waals surface area contributed by atoms with Crippen molar-refractivity contribution in [3.05, 3.63) is 0 Å². The Bertz CT molecular complexity index is 380. The molecule has 120 valence electrons. The number of hydrogen-bond acceptors (Lipinski definition) is 3. The molecule has 0 spiro atoms. The molecule has 0 saturated carbocycles. The lowest BCUT2D eigenvalue weighted by Gasteiger charge is -2.33. The van der Waals surface area contributed by atoms with E-state index in [0.29, 0.717) is 19.6 Å². The van der Waals surface area contributed by atoms with E-state index in [1.807, 2.05) is 11.8 Å². The van der Waals surface area contributed by atoms with Crippen LogP contribution in [0.1, 0.15) is 20.3 Å². The molecule has 0 bridgehead atoms. The lowest BCUT2D eigenvalue weighted by atomic mass is 10.1. The smallest absolute Gasteiger partial charge is 0.228 e. The van der Waals surface area contributed by atoms with E-state index < -0.39 is 0 Å². The van der Waals surface area contributed by atoms with Crippen LogP contribution in [0.3, 0.4) is 0 Å². The zero-order valence-electron chi connectivity index (χ0n) is 13.4. The zero-order valence-corrected chi connectivity index (χ0v) is 13.4. The highest BCUT2D eigenvalue weighted by Crippen LogP contribution is 2.22. The number of hydrogen-bond donors (Lipinski definition) is 1. The Morgan fingerprint density at radius 1 is 1.43 bits per heavy atom. The minimum absolute atomic E-state index is 0.0432. The molecule has 1 N–H and O–H groups in total. The van der Waals surface area contributed by atoms with E-state index in [2.05, 4.69) is 6.92 Å². The molecule has 21 heavy (non-hydrogen) atoms. The van der Waals surface area contributed by atoms with Gasteiger partial charge in [-0.3, -0.25) is 9.59 Å². The van der Waals surface area contributed by atoms with Crippen molar-refractivity contribution in [2.24, 2.45) is 5.92 Å². The molecule has 2 heterocycles. The number of piperazine rings is 1. The minimum Gasteiger partial charge on any atom is -0.383 e. The van der Waals surface area contributed by atoms with Crippen LogP contribution >= 0.6 is 0 Å². The van der Waals surface area contributed by atoms with Gasteiger partial charge in [-0.2, -0.15) is 0 Å². The van der Waals surface area contributed by atoms with Crippen LogP contribution in [0, 0.1) is 5.92 Å². The quantitative estimate of drug-likeness (QED) is 0.680. The molecule has 2 aliphatic rings. The summed E-state index contributed by atoms with van der Waals surface area (Å²) >= 11 is 0. The number of nitrogens with one attached hydrogen (secondary N) is 1. The van der Waals surface area contributed by atoms with Crippen LogP contribution < -0.4 is 4.90 Å². The summed E-state index contributed by atoms with van der Waals surface area (Å²) in [7, 11) is 1.63. The molecule has 0 aromatic carbocycles. The van der Waals surface area contributed by atoms with Gasteiger partial charge in [0, 0.05) is 20.1 Å². The van der Waals surface area contributed by atoms with Gasteiger partial charge in [0.25, 0.3) is 0 Å². The zero-order chi connectivity index (χ0) is 15.4. The minimum atomic E-state index is -0.167. The van der Waals surface area contributed by atoms with Crippen molar-refractivity contribution >= 4 is 11.8 Å². The van der Waals surface area contributed by atoms with Gasteiger partial charge in [-0.15, -0.1) is 0 Å². The normalized spacial score (nSPS) is 25.5. The van der Waals surface area contributed by atoms with Crippen molar-refractivity contribution in [3.8, 4) is 0 Å². The van der Waals surface area contributed by atoms with E-state index in [4.69, 9.17) is 4.74 Å². The molecule has 0 aliphatic carbocycles. The first-order valence-corrected chi connectivity index (χ1v) is 7.97. The molecule has 6 nitrogen and oxygen atoms in total. The van der Waals surface area contributed by atoms with Crippen molar-refractivity contribution < 1.29 is 19.2 Å². The second kappa shape index (κ2) is 7.22. The summed E-state index contributed by atoms with van der Waals surface area (Å²) in [5.41, 5.74) is 0. The topological polar surface area (TPSA) is 54.3 Å². The maximum Gasteiger partial charge on any atom is 0.228 e. The number of amides is 2. The summed E-state index contributed by atoms with van der Waals surface area (Å²) in [6.07, 6.45) is 0.355. The summed E-state index contributed by atoms with van der Waals surface area (Å²) in [4.78, 5) is 29.9. The standard InChI is InChI=1S/C15H27N3O3/c1-4-16-5-7-17(8-6-16)15(20)13-9-14(19)18(10-13)12(2)11-21-3/h12-13H,4-11H2,1-3H3/p+1/t12-,13-/m1/s1. The van der Waals surface area contributed by atoms with Gasteiger partial charge in [0.1, 0.15) is 0 Å². The van der Waals surface area contributed by atoms with Crippen molar-refractivity contribution in [3.63, 3.8) is 0 Å². The molecule has 0 radical (unpaired) electrons. The monoisotopic (exact) mass is 298 g/mol. The third-order valence-electron chi connectivity index (χ3n) is 4.73. The third-order valence-corrected chi connectivity index (χ3v) is 4.73. The van der Waals surface area contributed by atoms with Gasteiger partial charge in [-0.25, -0.2) is 0 Å². The summed E-state index contributed by atoms with van der Waals surface area (Å²) in [6.45, 7) is 10.0. The molecule has 0 aromatic rings. The Kier molecular flexibility index (Phi) is 5.58. The number of ether oxygens (including phenoxy) is 1. The third kappa shape index (κ3) is 3.74. The van der Waals surface area contributed by atoms with Gasteiger partial charge >= 0.3 is 0 Å². The molecule has 2 amide bonds. The number of likely N-dealkylation sites (N-methyl/N-ethyl adjacent to an activating group) is 1. The predicted molar refractivity (Wildman–Crippen MR) is 79.0 cm³/mol. The Morgan fingerprint density at radius 3 is 2.67 bits per heavy atom. The van der Waals surface area contributed by atoms with E-state index in [-0.39, 0.29) is 23.8 Å². The van der Waals surface area contributed by atoms with E-state index in [1.54, 1.807) is 16.9 Å². The largest absolute Gasteiger partial charge is 0.383 e. The van der Waals surface area contributed by atoms with Crippen LogP contribution in [0.4, 0.5) is 0 Å². The van der Waals surface area contributed by atoms with Gasteiger partial charge in [-0.1, -0.05) is 0 Å². The number of methoxy groups -OCH3 is 1. The van der Waals surface area contributed by atoms with Crippen molar-refractivity contribution in [1.29, 1.82) is 0 Å². The molecule has 2 atom stereocenters. The van der Waals surface area contributed by atoms with E-state index >= 15 is 0 Å². The summed E-state index contributed by atoms with van der Waals surface area (Å²) in [5.74, 6) is 0.0707. The first kappa shape index (κ1) is 16.2. The van der Waals surface area contributed by atoms with Gasteiger partial charge in [0.15, 0.2) is 0 Å². The van der Waals surface area contributed by atoms with E-state index in [9.17, 15) is 9.59 Å². The SMILES string of the molecule is CC[NH+]1CCN(C(=O)[C@@H]2CC(=O)N([C@H](C)COC)C2)CC1. The molecular weight excluding hydrogens is 270 g/mol. The van der Waals surface area contributed by atoms with E-state index in [1.165, 1.54) is 0 Å². The van der Waals surface area contributed by atoms with Crippen LogP contribution in [-0.4, -0.2) is 80.6 Å². The number of carbonyl (C=O) groups excluding carboxylic acids is 2. The van der Waals surface area contributed by atoms with Crippen LogP contribution in [0.2, 0.25) is 0 Å². The average molecular weight is 298 g/mol.